The largest absolute Gasteiger partial charge is 0.479 e. The number of piperidine rings is 1. The molecule has 0 aromatic carbocycles. The highest BCUT2D eigenvalue weighted by Gasteiger charge is 2.25. The summed E-state index contributed by atoms with van der Waals surface area (Å²) in [6.45, 7) is 5.77. The van der Waals surface area contributed by atoms with E-state index in [9.17, 15) is 4.79 Å². The Morgan fingerprint density at radius 3 is 3.16 bits per heavy atom. The topological polar surface area (TPSA) is 63.2 Å². The lowest BCUT2D eigenvalue weighted by Crippen LogP contribution is -2.52. The molecule has 1 aromatic heterocycles. The number of carbonyl (C=O) groups excluding carboxylic acids is 1. The molecule has 104 valence electrons. The maximum atomic E-state index is 12.1. The summed E-state index contributed by atoms with van der Waals surface area (Å²) in [4.78, 5) is 16.0. The first-order valence-electron chi connectivity index (χ1n) is 6.74. The van der Waals surface area contributed by atoms with Gasteiger partial charge in [-0.1, -0.05) is 6.92 Å². The Balaban J connectivity index is 1.85. The number of pyridine rings is 1. The molecule has 1 amide bonds. The van der Waals surface area contributed by atoms with Crippen LogP contribution in [0.5, 0.6) is 5.75 Å². The third kappa shape index (κ3) is 3.92. The van der Waals surface area contributed by atoms with Crippen molar-refractivity contribution in [3.05, 3.63) is 24.5 Å². The summed E-state index contributed by atoms with van der Waals surface area (Å²) >= 11 is 0. The van der Waals surface area contributed by atoms with Gasteiger partial charge in [-0.25, -0.2) is 0 Å². The molecule has 5 heteroatoms. The van der Waals surface area contributed by atoms with Crippen molar-refractivity contribution < 1.29 is 9.53 Å². The second-order valence-corrected chi connectivity index (χ2v) is 5.03. The predicted molar refractivity (Wildman–Crippen MR) is 72.9 cm³/mol. The number of hydrogen-bond acceptors (Lipinski definition) is 4. The van der Waals surface area contributed by atoms with Gasteiger partial charge in [0.2, 0.25) is 0 Å². The summed E-state index contributed by atoms with van der Waals surface area (Å²) in [6.07, 6.45) is 3.85. The van der Waals surface area contributed by atoms with Crippen molar-refractivity contribution >= 4 is 5.91 Å². The van der Waals surface area contributed by atoms with Crippen molar-refractivity contribution in [2.75, 3.05) is 13.1 Å². The molecule has 0 aliphatic carbocycles. The quantitative estimate of drug-likeness (QED) is 0.849. The molecule has 0 bridgehead atoms. The van der Waals surface area contributed by atoms with Gasteiger partial charge in [-0.2, -0.15) is 0 Å². The molecule has 0 saturated carbocycles. The molecule has 3 atom stereocenters. The van der Waals surface area contributed by atoms with Gasteiger partial charge in [0.15, 0.2) is 6.10 Å². The highest BCUT2D eigenvalue weighted by Crippen LogP contribution is 2.13. The first-order chi connectivity index (χ1) is 9.16. The molecule has 1 saturated heterocycles. The van der Waals surface area contributed by atoms with E-state index in [4.69, 9.17) is 4.74 Å². The SMILES string of the molecule is CC(Oc1cccnc1)C(=O)NC1CNCCC1C. The summed E-state index contributed by atoms with van der Waals surface area (Å²) in [6, 6.07) is 3.76. The molecule has 2 heterocycles. The van der Waals surface area contributed by atoms with Crippen LogP contribution in [-0.4, -0.2) is 36.1 Å². The lowest BCUT2D eigenvalue weighted by Gasteiger charge is -2.31. The molecule has 1 aliphatic rings. The molecule has 19 heavy (non-hydrogen) atoms. The minimum atomic E-state index is -0.515. The summed E-state index contributed by atoms with van der Waals surface area (Å²) < 4.78 is 5.56. The number of nitrogens with one attached hydrogen (secondary N) is 2. The molecule has 5 nitrogen and oxygen atoms in total. The smallest absolute Gasteiger partial charge is 0.261 e. The van der Waals surface area contributed by atoms with E-state index in [0.29, 0.717) is 11.7 Å². The first kappa shape index (κ1) is 13.8. The van der Waals surface area contributed by atoms with Crippen LogP contribution in [0.15, 0.2) is 24.5 Å². The Hall–Kier alpha value is -1.62. The van der Waals surface area contributed by atoms with E-state index in [2.05, 4.69) is 22.5 Å². The van der Waals surface area contributed by atoms with E-state index in [-0.39, 0.29) is 11.9 Å². The summed E-state index contributed by atoms with van der Waals surface area (Å²) in [5.41, 5.74) is 0. The predicted octanol–water partition coefficient (Wildman–Crippen LogP) is 0.963. The van der Waals surface area contributed by atoms with Gasteiger partial charge in [-0.05, 0) is 37.9 Å². The van der Waals surface area contributed by atoms with Crippen molar-refractivity contribution in [3.8, 4) is 5.75 Å². The second-order valence-electron chi connectivity index (χ2n) is 5.03. The third-order valence-electron chi connectivity index (χ3n) is 3.47. The molecule has 2 N–H and O–H groups in total. The molecule has 0 spiro atoms. The standard InChI is InChI=1S/C14H21N3O2/c1-10-5-7-16-9-13(10)17-14(18)11(2)19-12-4-3-6-15-8-12/h3-4,6,8,10-11,13,16H,5,7,9H2,1-2H3,(H,17,18). The van der Waals surface area contributed by atoms with Gasteiger partial charge in [0.05, 0.1) is 6.20 Å². The van der Waals surface area contributed by atoms with E-state index < -0.39 is 6.10 Å². The van der Waals surface area contributed by atoms with Crippen LogP contribution in [0.4, 0.5) is 0 Å². The van der Waals surface area contributed by atoms with Crippen LogP contribution in [0, 0.1) is 5.92 Å². The van der Waals surface area contributed by atoms with E-state index in [0.717, 1.165) is 19.5 Å². The van der Waals surface area contributed by atoms with Crippen LogP contribution >= 0.6 is 0 Å². The lowest BCUT2D eigenvalue weighted by atomic mass is 9.95. The van der Waals surface area contributed by atoms with Crippen LogP contribution in [0.3, 0.4) is 0 Å². The summed E-state index contributed by atoms with van der Waals surface area (Å²) in [5.74, 6) is 1.03. The van der Waals surface area contributed by atoms with E-state index >= 15 is 0 Å². The van der Waals surface area contributed by atoms with Gasteiger partial charge in [0.25, 0.3) is 5.91 Å². The van der Waals surface area contributed by atoms with E-state index in [1.807, 2.05) is 0 Å². The van der Waals surface area contributed by atoms with Crippen LogP contribution < -0.4 is 15.4 Å². The number of carbonyl (C=O) groups is 1. The highest BCUT2D eigenvalue weighted by molar-refractivity contribution is 5.81. The Kier molecular flexibility index (Phi) is 4.74. The molecule has 1 aliphatic heterocycles. The average Bonchev–Trinajstić information content (AvgIpc) is 2.42. The van der Waals surface area contributed by atoms with Gasteiger partial charge in [0.1, 0.15) is 5.75 Å². The minimum absolute atomic E-state index is 0.0793. The summed E-state index contributed by atoms with van der Waals surface area (Å²) in [5, 5.41) is 6.34. The normalized spacial score (nSPS) is 24.5. The molecule has 2 rings (SSSR count). The number of amides is 1. The van der Waals surface area contributed by atoms with Crippen LogP contribution in [0.25, 0.3) is 0 Å². The minimum Gasteiger partial charge on any atom is -0.479 e. The fourth-order valence-electron chi connectivity index (χ4n) is 2.16. The van der Waals surface area contributed by atoms with Crippen molar-refractivity contribution in [1.82, 2.24) is 15.6 Å². The maximum Gasteiger partial charge on any atom is 0.261 e. The zero-order chi connectivity index (χ0) is 13.7. The molecular weight excluding hydrogens is 242 g/mol. The number of hydrogen-bond donors (Lipinski definition) is 2. The van der Waals surface area contributed by atoms with E-state index in [1.54, 1.807) is 31.5 Å². The lowest BCUT2D eigenvalue weighted by molar-refractivity contribution is -0.128. The molecular formula is C14H21N3O2. The number of rotatable bonds is 4. The van der Waals surface area contributed by atoms with Crippen molar-refractivity contribution in [1.29, 1.82) is 0 Å². The Labute approximate surface area is 113 Å². The second kappa shape index (κ2) is 6.52. The van der Waals surface area contributed by atoms with Crippen LogP contribution in [-0.2, 0) is 4.79 Å². The summed E-state index contributed by atoms with van der Waals surface area (Å²) in [7, 11) is 0. The molecule has 1 fully saturated rings. The highest BCUT2D eigenvalue weighted by atomic mass is 16.5. The molecule has 1 aromatic rings. The fourth-order valence-corrected chi connectivity index (χ4v) is 2.16. The monoisotopic (exact) mass is 263 g/mol. The van der Waals surface area contributed by atoms with E-state index in [1.165, 1.54) is 0 Å². The van der Waals surface area contributed by atoms with Crippen LogP contribution in [0.2, 0.25) is 0 Å². The molecule has 3 unspecified atom stereocenters. The Morgan fingerprint density at radius 1 is 1.63 bits per heavy atom. The van der Waals surface area contributed by atoms with Gasteiger partial charge in [-0.15, -0.1) is 0 Å². The zero-order valence-corrected chi connectivity index (χ0v) is 11.4. The van der Waals surface area contributed by atoms with Gasteiger partial charge in [-0.3, -0.25) is 9.78 Å². The van der Waals surface area contributed by atoms with Crippen molar-refractivity contribution in [3.63, 3.8) is 0 Å². The molecule has 0 radical (unpaired) electrons. The Bertz CT molecular complexity index is 410. The van der Waals surface area contributed by atoms with Gasteiger partial charge in [0, 0.05) is 18.8 Å². The first-order valence-corrected chi connectivity index (χ1v) is 6.74. The average molecular weight is 263 g/mol. The zero-order valence-electron chi connectivity index (χ0n) is 11.4. The van der Waals surface area contributed by atoms with Crippen molar-refractivity contribution in [2.45, 2.75) is 32.4 Å². The fraction of sp³-hybridized carbons (Fsp3) is 0.571. The van der Waals surface area contributed by atoms with Gasteiger partial charge >= 0.3 is 0 Å². The van der Waals surface area contributed by atoms with Crippen LogP contribution in [0.1, 0.15) is 20.3 Å². The number of ether oxygens (including phenoxy) is 1. The maximum absolute atomic E-state index is 12.1. The van der Waals surface area contributed by atoms with Crippen molar-refractivity contribution in [2.24, 2.45) is 5.92 Å². The van der Waals surface area contributed by atoms with Gasteiger partial charge < -0.3 is 15.4 Å². The third-order valence-corrected chi connectivity index (χ3v) is 3.47. The number of aromatic nitrogens is 1. The Morgan fingerprint density at radius 2 is 2.47 bits per heavy atom. The number of nitrogens with zero attached hydrogens (tertiary/aromatic N) is 1.